The molecule has 100 valence electrons. The van der Waals surface area contributed by atoms with E-state index in [2.05, 4.69) is 80.7 Å². The Labute approximate surface area is 116 Å². The van der Waals surface area contributed by atoms with Gasteiger partial charge >= 0.3 is 0 Å². The molecule has 2 aromatic carbocycles. The first-order chi connectivity index (χ1) is 9.15. The number of rotatable bonds is 5. The van der Waals surface area contributed by atoms with E-state index in [0.29, 0.717) is 12.1 Å². The largest absolute Gasteiger partial charge is 0.307 e. The maximum absolute atomic E-state index is 3.66. The van der Waals surface area contributed by atoms with Crippen LogP contribution in [0.15, 0.2) is 54.6 Å². The summed E-state index contributed by atoms with van der Waals surface area (Å²) in [6.45, 7) is 6.60. The minimum Gasteiger partial charge on any atom is -0.307 e. The molecule has 0 aliphatic heterocycles. The van der Waals surface area contributed by atoms with Crippen molar-refractivity contribution in [3.63, 3.8) is 0 Å². The second kappa shape index (κ2) is 6.53. The van der Waals surface area contributed by atoms with Crippen LogP contribution in [0.25, 0.3) is 0 Å². The molecule has 0 aliphatic carbocycles. The lowest BCUT2D eigenvalue weighted by molar-refractivity contribution is 0.477. The highest BCUT2D eigenvalue weighted by atomic mass is 14.9. The van der Waals surface area contributed by atoms with E-state index in [-0.39, 0.29) is 0 Å². The number of hydrogen-bond donors (Lipinski definition) is 1. The molecule has 1 nitrogen and oxygen atoms in total. The van der Waals surface area contributed by atoms with Gasteiger partial charge in [-0.1, -0.05) is 60.2 Å². The quantitative estimate of drug-likeness (QED) is 0.838. The minimum atomic E-state index is 0.390. The molecule has 0 spiro atoms. The predicted octanol–water partition coefficient (Wildman–Crippen LogP) is 4.28. The van der Waals surface area contributed by atoms with Crippen LogP contribution in [0.5, 0.6) is 0 Å². The van der Waals surface area contributed by atoms with Crippen LogP contribution >= 0.6 is 0 Å². The Morgan fingerprint density at radius 2 is 1.53 bits per heavy atom. The van der Waals surface area contributed by atoms with Gasteiger partial charge in [0.15, 0.2) is 0 Å². The summed E-state index contributed by atoms with van der Waals surface area (Å²) >= 11 is 0. The molecule has 0 fully saturated rings. The van der Waals surface area contributed by atoms with E-state index in [0.717, 1.165) is 6.42 Å². The maximum atomic E-state index is 3.66. The lowest BCUT2D eigenvalue weighted by atomic mass is 10.0. The molecule has 19 heavy (non-hydrogen) atoms. The van der Waals surface area contributed by atoms with Crippen molar-refractivity contribution in [2.45, 2.75) is 39.3 Å². The zero-order chi connectivity index (χ0) is 13.7. The van der Waals surface area contributed by atoms with Gasteiger partial charge in [-0.2, -0.15) is 0 Å². The number of aryl methyl sites for hydroxylation is 1. The number of benzene rings is 2. The highest BCUT2D eigenvalue weighted by Gasteiger charge is 2.09. The van der Waals surface area contributed by atoms with Crippen molar-refractivity contribution >= 4 is 0 Å². The summed E-state index contributed by atoms with van der Waals surface area (Å²) in [5.74, 6) is 0. The van der Waals surface area contributed by atoms with Crippen LogP contribution in [0.2, 0.25) is 0 Å². The van der Waals surface area contributed by atoms with E-state index < -0.39 is 0 Å². The summed E-state index contributed by atoms with van der Waals surface area (Å²) in [6.07, 6.45) is 1.07. The molecule has 2 unspecified atom stereocenters. The molecule has 0 aliphatic rings. The molecule has 0 saturated heterocycles. The van der Waals surface area contributed by atoms with Crippen LogP contribution in [-0.2, 0) is 6.42 Å². The van der Waals surface area contributed by atoms with E-state index in [4.69, 9.17) is 0 Å². The first-order valence-electron chi connectivity index (χ1n) is 7.01. The fourth-order valence-electron chi connectivity index (χ4n) is 2.40. The third-order valence-electron chi connectivity index (χ3n) is 3.50. The van der Waals surface area contributed by atoms with Gasteiger partial charge in [-0.15, -0.1) is 0 Å². The van der Waals surface area contributed by atoms with Gasteiger partial charge in [0.2, 0.25) is 0 Å². The summed E-state index contributed by atoms with van der Waals surface area (Å²) < 4.78 is 0. The minimum absolute atomic E-state index is 0.390. The van der Waals surface area contributed by atoms with Crippen molar-refractivity contribution in [1.82, 2.24) is 5.32 Å². The molecule has 2 rings (SSSR count). The number of nitrogens with one attached hydrogen (secondary N) is 1. The molecule has 0 radical (unpaired) electrons. The van der Waals surface area contributed by atoms with Crippen LogP contribution in [0.3, 0.4) is 0 Å². The second-order valence-electron chi connectivity index (χ2n) is 5.39. The summed E-state index contributed by atoms with van der Waals surface area (Å²) in [4.78, 5) is 0. The summed E-state index contributed by atoms with van der Waals surface area (Å²) in [6, 6.07) is 20.3. The lowest BCUT2D eigenvalue weighted by Gasteiger charge is -2.20. The van der Waals surface area contributed by atoms with Gasteiger partial charge in [0, 0.05) is 12.1 Å². The molecule has 0 bridgehead atoms. The fraction of sp³-hybridized carbons (Fsp3) is 0.333. The van der Waals surface area contributed by atoms with Gasteiger partial charge in [0.05, 0.1) is 0 Å². The molecule has 0 heterocycles. The van der Waals surface area contributed by atoms with E-state index in [9.17, 15) is 0 Å². The Hall–Kier alpha value is -1.60. The van der Waals surface area contributed by atoms with Crippen molar-refractivity contribution in [1.29, 1.82) is 0 Å². The first kappa shape index (κ1) is 13.8. The zero-order valence-electron chi connectivity index (χ0n) is 12.1. The average Bonchev–Trinajstić information content (AvgIpc) is 2.42. The van der Waals surface area contributed by atoms with E-state index in [1.165, 1.54) is 16.7 Å². The lowest BCUT2D eigenvalue weighted by Crippen LogP contribution is -2.30. The standard InChI is InChI=1S/C18H23N/c1-14-9-11-17(12-10-14)13-15(2)19-16(3)18-7-5-4-6-8-18/h4-12,15-16,19H,13H2,1-3H3. The van der Waals surface area contributed by atoms with Crippen LogP contribution in [0, 0.1) is 6.92 Å². The Morgan fingerprint density at radius 3 is 2.16 bits per heavy atom. The van der Waals surface area contributed by atoms with Gasteiger partial charge in [-0.05, 0) is 38.3 Å². The number of hydrogen-bond acceptors (Lipinski definition) is 1. The maximum Gasteiger partial charge on any atom is 0.0294 e. The molecule has 0 saturated carbocycles. The highest BCUT2D eigenvalue weighted by Crippen LogP contribution is 2.13. The molecule has 1 heteroatoms. The molecule has 1 N–H and O–H groups in total. The Morgan fingerprint density at radius 1 is 0.895 bits per heavy atom. The van der Waals surface area contributed by atoms with Gasteiger partial charge in [-0.25, -0.2) is 0 Å². The smallest absolute Gasteiger partial charge is 0.0294 e. The average molecular weight is 253 g/mol. The van der Waals surface area contributed by atoms with Crippen LogP contribution in [-0.4, -0.2) is 6.04 Å². The Bertz CT molecular complexity index is 487. The monoisotopic (exact) mass is 253 g/mol. The molecular weight excluding hydrogens is 230 g/mol. The van der Waals surface area contributed by atoms with Crippen molar-refractivity contribution < 1.29 is 0 Å². The summed E-state index contributed by atoms with van der Waals surface area (Å²) in [7, 11) is 0. The third kappa shape index (κ3) is 4.22. The van der Waals surface area contributed by atoms with E-state index in [1.807, 2.05) is 0 Å². The third-order valence-corrected chi connectivity index (χ3v) is 3.50. The topological polar surface area (TPSA) is 12.0 Å². The Kier molecular flexibility index (Phi) is 4.75. The summed E-state index contributed by atoms with van der Waals surface area (Å²) in [5, 5.41) is 3.66. The molecule has 2 aromatic rings. The highest BCUT2D eigenvalue weighted by molar-refractivity contribution is 5.22. The predicted molar refractivity (Wildman–Crippen MR) is 82.3 cm³/mol. The first-order valence-corrected chi connectivity index (χ1v) is 7.01. The van der Waals surface area contributed by atoms with Crippen LogP contribution in [0.1, 0.15) is 36.6 Å². The van der Waals surface area contributed by atoms with E-state index >= 15 is 0 Å². The molecular formula is C18H23N. The molecule has 2 atom stereocenters. The van der Waals surface area contributed by atoms with Crippen molar-refractivity contribution in [2.24, 2.45) is 0 Å². The van der Waals surface area contributed by atoms with Gasteiger partial charge in [0.25, 0.3) is 0 Å². The van der Waals surface area contributed by atoms with Crippen molar-refractivity contribution in [3.8, 4) is 0 Å². The molecule has 0 aromatic heterocycles. The van der Waals surface area contributed by atoms with Crippen LogP contribution < -0.4 is 5.32 Å². The van der Waals surface area contributed by atoms with Crippen molar-refractivity contribution in [3.05, 3.63) is 71.3 Å². The SMILES string of the molecule is Cc1ccc(CC(C)NC(C)c2ccccc2)cc1. The van der Waals surface area contributed by atoms with Gasteiger partial charge in [0.1, 0.15) is 0 Å². The normalized spacial score (nSPS) is 14.1. The van der Waals surface area contributed by atoms with Gasteiger partial charge < -0.3 is 5.32 Å². The Balaban J connectivity index is 1.90. The molecule has 0 amide bonds. The van der Waals surface area contributed by atoms with Crippen molar-refractivity contribution in [2.75, 3.05) is 0 Å². The van der Waals surface area contributed by atoms with E-state index in [1.54, 1.807) is 0 Å². The summed E-state index contributed by atoms with van der Waals surface area (Å²) in [5.41, 5.74) is 4.06. The van der Waals surface area contributed by atoms with Gasteiger partial charge in [-0.3, -0.25) is 0 Å². The fourth-order valence-corrected chi connectivity index (χ4v) is 2.40. The van der Waals surface area contributed by atoms with Crippen LogP contribution in [0.4, 0.5) is 0 Å². The zero-order valence-corrected chi connectivity index (χ0v) is 12.1. The second-order valence-corrected chi connectivity index (χ2v) is 5.39.